The van der Waals surface area contributed by atoms with Crippen LogP contribution < -0.4 is 10.6 Å². The molecule has 3 N–H and O–H groups in total. The Balaban J connectivity index is 1.92. The number of pyridine rings is 1. The second-order valence-corrected chi connectivity index (χ2v) is 5.46. The van der Waals surface area contributed by atoms with Gasteiger partial charge in [0.2, 0.25) is 0 Å². The second kappa shape index (κ2) is 5.66. The lowest BCUT2D eigenvalue weighted by molar-refractivity contribution is -0.144. The molecule has 108 valence electrons. The zero-order valence-corrected chi connectivity index (χ0v) is 11.8. The summed E-state index contributed by atoms with van der Waals surface area (Å²) in [4.78, 5) is 27.0. The number of aromatic nitrogens is 1. The van der Waals surface area contributed by atoms with Gasteiger partial charge in [-0.3, -0.25) is 4.98 Å². The van der Waals surface area contributed by atoms with Gasteiger partial charge in [-0.15, -0.1) is 0 Å². The van der Waals surface area contributed by atoms with Crippen molar-refractivity contribution in [3.63, 3.8) is 0 Å². The van der Waals surface area contributed by atoms with Crippen LogP contribution in [0.3, 0.4) is 0 Å². The molecule has 1 aliphatic carbocycles. The van der Waals surface area contributed by atoms with E-state index in [1.807, 2.05) is 0 Å². The van der Waals surface area contributed by atoms with Crippen molar-refractivity contribution in [2.75, 3.05) is 0 Å². The number of nitrogens with zero attached hydrogens (tertiary/aromatic N) is 1. The van der Waals surface area contributed by atoms with Gasteiger partial charge in [0.25, 0.3) is 0 Å². The minimum atomic E-state index is -1.22. The molecule has 0 radical (unpaired) electrons. The van der Waals surface area contributed by atoms with Crippen LogP contribution in [0.2, 0.25) is 5.02 Å². The summed E-state index contributed by atoms with van der Waals surface area (Å²) in [7, 11) is 0. The van der Waals surface area contributed by atoms with E-state index in [1.54, 1.807) is 12.3 Å². The predicted molar refractivity (Wildman–Crippen MR) is 73.4 cm³/mol. The molecular weight excluding hydrogens is 282 g/mol. The summed E-state index contributed by atoms with van der Waals surface area (Å²) in [5.41, 5.74) is -0.494. The Bertz CT molecular complexity index is 533. The highest BCUT2D eigenvalue weighted by Gasteiger charge is 2.48. The van der Waals surface area contributed by atoms with Gasteiger partial charge in [-0.1, -0.05) is 11.6 Å². The molecule has 1 aromatic rings. The summed E-state index contributed by atoms with van der Waals surface area (Å²) >= 11 is 5.92. The van der Waals surface area contributed by atoms with Crippen LogP contribution in [0.15, 0.2) is 18.5 Å². The van der Waals surface area contributed by atoms with Crippen molar-refractivity contribution in [1.29, 1.82) is 0 Å². The number of urea groups is 1. The number of hydrogen-bond acceptors (Lipinski definition) is 3. The van der Waals surface area contributed by atoms with Crippen molar-refractivity contribution >= 4 is 23.6 Å². The number of carboxylic acid groups (broad SMARTS) is 1. The molecule has 0 aliphatic heterocycles. The van der Waals surface area contributed by atoms with Crippen LogP contribution >= 0.6 is 11.6 Å². The van der Waals surface area contributed by atoms with E-state index in [-0.39, 0.29) is 12.5 Å². The van der Waals surface area contributed by atoms with Gasteiger partial charge in [-0.2, -0.15) is 0 Å². The SMILES string of the molecule is CC(NC(=O)NCc1ccncc1Cl)(C(=O)O)C1CC1. The standard InChI is InChI=1S/C13H16ClN3O3/c1-13(11(18)19,9-2-3-9)17-12(20)16-6-8-4-5-15-7-10(8)14/h4-5,7,9H,2-3,6H2,1H3,(H,18,19)(H2,16,17,20). The molecule has 0 bridgehead atoms. The number of aliphatic carboxylic acids is 1. The molecule has 1 heterocycles. The van der Waals surface area contributed by atoms with E-state index >= 15 is 0 Å². The molecule has 1 saturated carbocycles. The monoisotopic (exact) mass is 297 g/mol. The van der Waals surface area contributed by atoms with E-state index in [0.29, 0.717) is 5.02 Å². The quantitative estimate of drug-likeness (QED) is 0.772. The van der Waals surface area contributed by atoms with Gasteiger partial charge in [0.1, 0.15) is 5.54 Å². The average molecular weight is 298 g/mol. The zero-order valence-electron chi connectivity index (χ0n) is 11.0. The smallest absolute Gasteiger partial charge is 0.329 e. The van der Waals surface area contributed by atoms with E-state index in [0.717, 1.165) is 18.4 Å². The summed E-state index contributed by atoms with van der Waals surface area (Å²) in [6.45, 7) is 1.75. The summed E-state index contributed by atoms with van der Waals surface area (Å²) in [6, 6.07) is 1.18. The molecule has 1 fully saturated rings. The fraction of sp³-hybridized carbons (Fsp3) is 0.462. The molecule has 1 atom stereocenters. The first-order chi connectivity index (χ1) is 9.43. The number of carboxylic acids is 1. The maximum atomic E-state index is 11.8. The van der Waals surface area contributed by atoms with Crippen LogP contribution in [0.5, 0.6) is 0 Å². The molecule has 1 aliphatic rings. The van der Waals surface area contributed by atoms with E-state index in [2.05, 4.69) is 15.6 Å². The molecule has 2 amide bonds. The molecule has 0 saturated heterocycles. The number of hydrogen-bond donors (Lipinski definition) is 3. The molecule has 6 nitrogen and oxygen atoms in total. The van der Waals surface area contributed by atoms with Crippen molar-refractivity contribution in [3.05, 3.63) is 29.0 Å². The highest BCUT2D eigenvalue weighted by Crippen LogP contribution is 2.39. The lowest BCUT2D eigenvalue weighted by atomic mass is 9.96. The molecule has 20 heavy (non-hydrogen) atoms. The Hall–Kier alpha value is -1.82. The van der Waals surface area contributed by atoms with Crippen molar-refractivity contribution < 1.29 is 14.7 Å². The minimum absolute atomic E-state index is 0.00439. The van der Waals surface area contributed by atoms with E-state index in [9.17, 15) is 14.7 Å². The van der Waals surface area contributed by atoms with Gasteiger partial charge in [-0.05, 0) is 37.3 Å². The van der Waals surface area contributed by atoms with E-state index < -0.39 is 17.5 Å². The first-order valence-electron chi connectivity index (χ1n) is 6.31. The minimum Gasteiger partial charge on any atom is -0.480 e. The van der Waals surface area contributed by atoms with Gasteiger partial charge in [-0.25, -0.2) is 9.59 Å². The number of carbonyl (C=O) groups excluding carboxylic acids is 1. The van der Waals surface area contributed by atoms with Crippen LogP contribution in [-0.4, -0.2) is 27.6 Å². The zero-order chi connectivity index (χ0) is 14.8. The third-order valence-corrected chi connectivity index (χ3v) is 3.85. The Kier molecular flexibility index (Phi) is 4.13. The van der Waals surface area contributed by atoms with Crippen LogP contribution in [0.1, 0.15) is 25.3 Å². The fourth-order valence-corrected chi connectivity index (χ4v) is 2.18. The van der Waals surface area contributed by atoms with Gasteiger partial charge in [0, 0.05) is 18.9 Å². The second-order valence-electron chi connectivity index (χ2n) is 5.06. The topological polar surface area (TPSA) is 91.3 Å². The first kappa shape index (κ1) is 14.6. The average Bonchev–Trinajstić information content (AvgIpc) is 3.22. The lowest BCUT2D eigenvalue weighted by Crippen LogP contribution is -2.56. The Morgan fingerprint density at radius 2 is 2.25 bits per heavy atom. The summed E-state index contributed by atoms with van der Waals surface area (Å²) in [5, 5.41) is 14.8. The molecule has 1 aromatic heterocycles. The summed E-state index contributed by atoms with van der Waals surface area (Å²) in [5.74, 6) is -1.02. The third kappa shape index (κ3) is 3.19. The Morgan fingerprint density at radius 3 is 2.80 bits per heavy atom. The maximum absolute atomic E-state index is 11.8. The molecule has 0 aromatic carbocycles. The third-order valence-electron chi connectivity index (χ3n) is 3.51. The maximum Gasteiger partial charge on any atom is 0.329 e. The number of nitrogens with one attached hydrogen (secondary N) is 2. The van der Waals surface area contributed by atoms with Crippen molar-refractivity contribution in [2.45, 2.75) is 31.8 Å². The van der Waals surface area contributed by atoms with Crippen molar-refractivity contribution in [2.24, 2.45) is 5.92 Å². The van der Waals surface area contributed by atoms with Crippen LogP contribution in [0.4, 0.5) is 4.79 Å². The molecular formula is C13H16ClN3O3. The summed E-state index contributed by atoms with van der Waals surface area (Å²) < 4.78 is 0. The van der Waals surface area contributed by atoms with Crippen molar-refractivity contribution in [1.82, 2.24) is 15.6 Å². The highest BCUT2D eigenvalue weighted by molar-refractivity contribution is 6.31. The summed E-state index contributed by atoms with van der Waals surface area (Å²) in [6.07, 6.45) is 4.70. The Morgan fingerprint density at radius 1 is 1.55 bits per heavy atom. The van der Waals surface area contributed by atoms with E-state index in [1.165, 1.54) is 13.1 Å². The predicted octanol–water partition coefficient (Wildman–Crippen LogP) is 1.79. The van der Waals surface area contributed by atoms with Gasteiger partial charge in [0.05, 0.1) is 5.02 Å². The largest absolute Gasteiger partial charge is 0.480 e. The lowest BCUT2D eigenvalue weighted by Gasteiger charge is -2.26. The van der Waals surface area contributed by atoms with Crippen molar-refractivity contribution in [3.8, 4) is 0 Å². The van der Waals surface area contributed by atoms with Crippen LogP contribution in [-0.2, 0) is 11.3 Å². The number of halogens is 1. The van der Waals surface area contributed by atoms with Crippen LogP contribution in [0.25, 0.3) is 0 Å². The first-order valence-corrected chi connectivity index (χ1v) is 6.69. The molecule has 7 heteroatoms. The van der Waals surface area contributed by atoms with Gasteiger partial charge in [0.15, 0.2) is 0 Å². The molecule has 2 rings (SSSR count). The molecule has 0 spiro atoms. The Labute approximate surface area is 121 Å². The number of carbonyl (C=O) groups is 2. The van der Waals surface area contributed by atoms with Gasteiger partial charge < -0.3 is 15.7 Å². The normalized spacial score (nSPS) is 17.1. The van der Waals surface area contributed by atoms with Crippen LogP contribution in [0, 0.1) is 5.92 Å². The highest BCUT2D eigenvalue weighted by atomic mass is 35.5. The van der Waals surface area contributed by atoms with E-state index in [4.69, 9.17) is 11.6 Å². The van der Waals surface area contributed by atoms with Gasteiger partial charge >= 0.3 is 12.0 Å². The number of rotatable bonds is 5. The fourth-order valence-electron chi connectivity index (χ4n) is 1.99. The number of amides is 2. The molecule has 1 unspecified atom stereocenters.